The number of benzene rings is 2. The van der Waals surface area contributed by atoms with Gasteiger partial charge in [0.15, 0.2) is 19.7 Å². The minimum absolute atomic E-state index is 0.0423. The molecule has 242 valence electrons. The van der Waals surface area contributed by atoms with E-state index >= 15 is 0 Å². The molecule has 0 radical (unpaired) electrons. The maximum Gasteiger partial charge on any atom is 0.337 e. The topological polar surface area (TPSA) is 160 Å². The van der Waals surface area contributed by atoms with Gasteiger partial charge in [-0.15, -0.1) is 0 Å². The van der Waals surface area contributed by atoms with Gasteiger partial charge in [0.1, 0.15) is 0 Å². The average Bonchev–Trinajstić information content (AvgIpc) is 3.61. The molecule has 2 fully saturated rings. The second-order valence-corrected chi connectivity index (χ2v) is 15.8. The van der Waals surface area contributed by atoms with Crippen molar-refractivity contribution >= 4 is 65.7 Å². The Labute approximate surface area is 270 Å². The largest absolute Gasteiger partial charge is 0.478 e. The highest BCUT2D eigenvalue weighted by Crippen LogP contribution is 2.39. The molecule has 11 nitrogen and oxygen atoms in total. The van der Waals surface area contributed by atoms with Crippen LogP contribution in [0.5, 0.6) is 0 Å². The molecule has 2 aliphatic rings. The molecule has 16 heteroatoms. The number of carboxylic acid groups (broad SMARTS) is 1. The maximum absolute atomic E-state index is 12.8. The second-order valence-electron chi connectivity index (χ2n) is 10.7. The molecule has 2 aliphatic heterocycles. The van der Waals surface area contributed by atoms with Gasteiger partial charge in [0.05, 0.1) is 76.2 Å². The van der Waals surface area contributed by atoms with Crippen molar-refractivity contribution in [3.8, 4) is 0 Å². The van der Waals surface area contributed by atoms with Crippen molar-refractivity contribution in [2.24, 2.45) is 0 Å². The highest BCUT2D eigenvalue weighted by atomic mass is 35.5. The van der Waals surface area contributed by atoms with Crippen LogP contribution in [0.2, 0.25) is 10.0 Å². The normalized spacial score (nSPS) is 20.7. The maximum atomic E-state index is 12.8. The number of sulfone groups is 2. The highest BCUT2D eigenvalue weighted by Gasteiger charge is 2.34. The molecule has 2 saturated heterocycles. The predicted molar refractivity (Wildman–Crippen MR) is 162 cm³/mol. The Morgan fingerprint density at radius 3 is 2.09 bits per heavy atom. The summed E-state index contributed by atoms with van der Waals surface area (Å²) in [6.45, 7) is 0.343. The van der Waals surface area contributed by atoms with Gasteiger partial charge < -0.3 is 24.1 Å². The molecule has 0 spiro atoms. The van der Waals surface area contributed by atoms with E-state index in [4.69, 9.17) is 53.8 Å². The molecule has 0 amide bonds. The van der Waals surface area contributed by atoms with Crippen LogP contribution in [0.3, 0.4) is 0 Å². The number of rotatable bonds is 13. The zero-order chi connectivity index (χ0) is 32.4. The standard InChI is InChI=1S/C28H31Cl3O11S2/c1-43(35,36)22-6-5-18(27(31)32)25(29)20(22)13-40-12-17-8-15(10-42-17)19-9-23(44(2,37)38)21(26(30)24(19)28(33)34)14-39-11-16-4-3-7-41-16/h5-6,9,15-17H,3-4,7-8,10-14H2,1-2H3,(H,33,34). The summed E-state index contributed by atoms with van der Waals surface area (Å²) in [5.74, 6) is -1.87. The van der Waals surface area contributed by atoms with Gasteiger partial charge in [0.2, 0.25) is 0 Å². The molecule has 2 aromatic rings. The fourth-order valence-corrected chi connectivity index (χ4v) is 8.17. The van der Waals surface area contributed by atoms with E-state index < -0.39 is 42.9 Å². The number of carbonyl (C=O) groups is 2. The first-order valence-corrected chi connectivity index (χ1v) is 18.4. The van der Waals surface area contributed by atoms with Crippen LogP contribution in [-0.2, 0) is 51.8 Å². The van der Waals surface area contributed by atoms with Crippen molar-refractivity contribution in [2.75, 3.05) is 38.9 Å². The van der Waals surface area contributed by atoms with Crippen LogP contribution >= 0.6 is 34.8 Å². The van der Waals surface area contributed by atoms with Gasteiger partial charge in [0.25, 0.3) is 5.24 Å². The number of aromatic carboxylic acids is 1. The quantitative estimate of drug-likeness (QED) is 0.288. The van der Waals surface area contributed by atoms with Crippen molar-refractivity contribution in [3.05, 3.63) is 56.1 Å². The highest BCUT2D eigenvalue weighted by molar-refractivity contribution is 7.91. The summed E-state index contributed by atoms with van der Waals surface area (Å²) in [6, 6.07) is 3.77. The number of ether oxygens (including phenoxy) is 4. The van der Waals surface area contributed by atoms with E-state index in [0.717, 1.165) is 25.4 Å². The lowest BCUT2D eigenvalue weighted by molar-refractivity contribution is 0.00971. The minimum Gasteiger partial charge on any atom is -0.478 e. The van der Waals surface area contributed by atoms with Gasteiger partial charge in [-0.25, -0.2) is 21.6 Å². The Hall–Kier alpha value is -1.81. The summed E-state index contributed by atoms with van der Waals surface area (Å²) in [5, 5.41) is 8.85. The van der Waals surface area contributed by atoms with Crippen LogP contribution in [0.1, 0.15) is 62.6 Å². The van der Waals surface area contributed by atoms with Gasteiger partial charge >= 0.3 is 5.97 Å². The molecule has 0 aromatic heterocycles. The molecule has 3 atom stereocenters. The van der Waals surface area contributed by atoms with E-state index in [0.29, 0.717) is 6.61 Å². The van der Waals surface area contributed by atoms with Gasteiger partial charge in [-0.3, -0.25) is 4.79 Å². The molecule has 0 aliphatic carbocycles. The zero-order valence-electron chi connectivity index (χ0n) is 23.8. The summed E-state index contributed by atoms with van der Waals surface area (Å²) in [5.41, 5.74) is 0.00620. The SMILES string of the molecule is CS(=O)(=O)c1ccc(C(=O)Cl)c(Cl)c1COCC1CC(c2cc(S(C)(=O)=O)c(COCC3CCCO3)c(Cl)c2C(=O)O)CO1. The van der Waals surface area contributed by atoms with Gasteiger partial charge in [-0.1, -0.05) is 23.2 Å². The number of halogens is 3. The predicted octanol–water partition coefficient (Wildman–Crippen LogP) is 4.66. The Kier molecular flexibility index (Phi) is 11.4. The first-order valence-electron chi connectivity index (χ1n) is 13.5. The van der Waals surface area contributed by atoms with Crippen LogP contribution in [0.25, 0.3) is 0 Å². The Bertz CT molecular complexity index is 1650. The molecule has 4 rings (SSSR count). The van der Waals surface area contributed by atoms with Crippen LogP contribution in [0, 0.1) is 0 Å². The number of carbonyl (C=O) groups excluding carboxylic acids is 1. The van der Waals surface area contributed by atoms with Crippen molar-refractivity contribution in [2.45, 2.75) is 60.4 Å². The minimum atomic E-state index is -3.84. The molecule has 0 saturated carbocycles. The third kappa shape index (κ3) is 8.12. The molecular formula is C28H31Cl3O11S2. The van der Waals surface area contributed by atoms with E-state index in [-0.39, 0.29) is 93.2 Å². The van der Waals surface area contributed by atoms with Crippen LogP contribution in [0.15, 0.2) is 28.0 Å². The lowest BCUT2D eigenvalue weighted by atomic mass is 9.90. The van der Waals surface area contributed by atoms with E-state index in [1.807, 2.05) is 0 Å². The van der Waals surface area contributed by atoms with Crippen LogP contribution in [-0.4, -0.2) is 84.3 Å². The summed E-state index contributed by atoms with van der Waals surface area (Å²) >= 11 is 18.4. The zero-order valence-corrected chi connectivity index (χ0v) is 27.7. The molecular weight excluding hydrogens is 683 g/mol. The fourth-order valence-electron chi connectivity index (χ4n) is 5.33. The lowest BCUT2D eigenvalue weighted by Crippen LogP contribution is -2.18. The summed E-state index contributed by atoms with van der Waals surface area (Å²) in [6.07, 6.45) is 3.28. The summed E-state index contributed by atoms with van der Waals surface area (Å²) in [7, 11) is -7.56. The Morgan fingerprint density at radius 1 is 0.932 bits per heavy atom. The molecule has 0 bridgehead atoms. The van der Waals surface area contributed by atoms with E-state index in [9.17, 15) is 31.5 Å². The van der Waals surface area contributed by atoms with E-state index in [1.165, 1.54) is 18.2 Å². The summed E-state index contributed by atoms with van der Waals surface area (Å²) < 4.78 is 72.9. The van der Waals surface area contributed by atoms with Crippen molar-refractivity contribution in [1.82, 2.24) is 0 Å². The first kappa shape index (κ1) is 35.1. The number of hydrogen-bond donors (Lipinski definition) is 1. The van der Waals surface area contributed by atoms with Gasteiger partial charge in [-0.05, 0) is 54.6 Å². The lowest BCUT2D eigenvalue weighted by Gasteiger charge is -2.20. The molecule has 1 N–H and O–H groups in total. The van der Waals surface area contributed by atoms with Crippen molar-refractivity contribution < 1.29 is 50.5 Å². The fraction of sp³-hybridized carbons (Fsp3) is 0.500. The second kappa shape index (κ2) is 14.3. The smallest absolute Gasteiger partial charge is 0.337 e. The number of hydrogen-bond acceptors (Lipinski definition) is 10. The summed E-state index contributed by atoms with van der Waals surface area (Å²) in [4.78, 5) is 23.8. The monoisotopic (exact) mass is 712 g/mol. The van der Waals surface area contributed by atoms with Gasteiger partial charge in [-0.2, -0.15) is 0 Å². The molecule has 3 unspecified atom stereocenters. The molecule has 2 aromatic carbocycles. The number of carboxylic acids is 1. The first-order chi connectivity index (χ1) is 20.6. The molecule has 2 heterocycles. The van der Waals surface area contributed by atoms with E-state index in [2.05, 4.69) is 0 Å². The van der Waals surface area contributed by atoms with Crippen LogP contribution in [0.4, 0.5) is 0 Å². The third-order valence-corrected chi connectivity index (χ3v) is 10.8. The average molecular weight is 714 g/mol. The van der Waals surface area contributed by atoms with Crippen molar-refractivity contribution in [3.63, 3.8) is 0 Å². The van der Waals surface area contributed by atoms with Crippen molar-refractivity contribution in [1.29, 1.82) is 0 Å². The Morgan fingerprint density at radius 2 is 1.55 bits per heavy atom. The van der Waals surface area contributed by atoms with Crippen LogP contribution < -0.4 is 0 Å². The third-order valence-electron chi connectivity index (χ3n) is 7.43. The molecule has 44 heavy (non-hydrogen) atoms. The Balaban J connectivity index is 1.53. The van der Waals surface area contributed by atoms with Gasteiger partial charge in [0, 0.05) is 36.2 Å². The van der Waals surface area contributed by atoms with E-state index in [1.54, 1.807) is 0 Å².